The van der Waals surface area contributed by atoms with Gasteiger partial charge in [-0.1, -0.05) is 20.4 Å². The molecule has 0 heterocycles. The fraction of sp³-hybridized carbons (Fsp3) is 0.800. The highest BCUT2D eigenvalue weighted by Gasteiger charge is 2.20. The van der Waals surface area contributed by atoms with E-state index in [-0.39, 0.29) is 6.10 Å². The van der Waals surface area contributed by atoms with Crippen molar-refractivity contribution in [2.45, 2.75) is 46.5 Å². The van der Waals surface area contributed by atoms with Gasteiger partial charge in [0.2, 0.25) is 0 Å². The highest BCUT2D eigenvalue weighted by Crippen LogP contribution is 2.18. The predicted molar refractivity (Wildman–Crippen MR) is 57.9 cm³/mol. The van der Waals surface area contributed by atoms with Gasteiger partial charge >= 0.3 is 0 Å². The van der Waals surface area contributed by atoms with E-state index in [2.05, 4.69) is 47.0 Å². The average molecular weight is 186 g/mol. The first-order chi connectivity index (χ1) is 5.24. The molecule has 0 amide bonds. The summed E-state index contributed by atoms with van der Waals surface area (Å²) >= 11 is 0. The molecule has 1 atom stereocenters. The van der Waals surface area contributed by atoms with Gasteiger partial charge in [0, 0.05) is 0 Å². The van der Waals surface area contributed by atoms with E-state index in [1.54, 1.807) is 0 Å². The molecule has 0 aliphatic rings. The fourth-order valence-electron chi connectivity index (χ4n) is 1.08. The fourth-order valence-corrected chi connectivity index (χ4v) is 2.29. The maximum atomic E-state index is 5.90. The van der Waals surface area contributed by atoms with Crippen LogP contribution in [0.15, 0.2) is 12.2 Å². The first kappa shape index (κ1) is 11.9. The molecule has 0 aromatic heterocycles. The summed E-state index contributed by atoms with van der Waals surface area (Å²) in [6, 6.07) is 0. The summed E-state index contributed by atoms with van der Waals surface area (Å²) in [6.45, 7) is 17.1. The second kappa shape index (κ2) is 4.24. The van der Waals surface area contributed by atoms with E-state index in [1.165, 1.54) is 5.57 Å². The van der Waals surface area contributed by atoms with Gasteiger partial charge in [-0.25, -0.2) is 0 Å². The molecule has 0 aliphatic heterocycles. The third-order valence-corrected chi connectivity index (χ3v) is 2.85. The van der Waals surface area contributed by atoms with Crippen LogP contribution in [0.25, 0.3) is 0 Å². The topological polar surface area (TPSA) is 9.23 Å². The lowest BCUT2D eigenvalue weighted by molar-refractivity contribution is 0.239. The molecule has 0 spiro atoms. The Kier molecular flexibility index (Phi) is 4.21. The van der Waals surface area contributed by atoms with Gasteiger partial charge in [0.25, 0.3) is 0 Å². The van der Waals surface area contributed by atoms with Gasteiger partial charge in [0.05, 0.1) is 6.10 Å². The summed E-state index contributed by atoms with van der Waals surface area (Å²) in [6.07, 6.45) is 0.219. The highest BCUT2D eigenvalue weighted by atomic mass is 28.4. The van der Waals surface area contributed by atoms with Gasteiger partial charge in [0.15, 0.2) is 8.32 Å². The highest BCUT2D eigenvalue weighted by molar-refractivity contribution is 6.69. The number of hydrogen-bond donors (Lipinski definition) is 0. The zero-order valence-electron chi connectivity index (χ0n) is 9.27. The van der Waals surface area contributed by atoms with Crippen molar-refractivity contribution in [2.75, 3.05) is 0 Å². The molecule has 0 rings (SSSR count). The minimum Gasteiger partial charge on any atom is -0.411 e. The normalized spacial score (nSPS) is 14.9. The van der Waals surface area contributed by atoms with E-state index in [4.69, 9.17) is 4.43 Å². The Morgan fingerprint density at radius 1 is 1.17 bits per heavy atom. The van der Waals surface area contributed by atoms with E-state index in [9.17, 15) is 0 Å². The Bertz CT molecular complexity index is 156. The third kappa shape index (κ3) is 4.73. The van der Waals surface area contributed by atoms with E-state index in [0.29, 0.717) is 5.92 Å². The van der Waals surface area contributed by atoms with Gasteiger partial charge in [-0.15, -0.1) is 0 Å². The van der Waals surface area contributed by atoms with Crippen molar-refractivity contribution in [1.29, 1.82) is 0 Å². The molecule has 0 aliphatic carbocycles. The summed E-state index contributed by atoms with van der Waals surface area (Å²) in [7, 11) is -1.39. The maximum Gasteiger partial charge on any atom is 0.184 e. The van der Waals surface area contributed by atoms with Crippen LogP contribution in [-0.2, 0) is 4.43 Å². The Morgan fingerprint density at radius 2 is 1.58 bits per heavy atom. The van der Waals surface area contributed by atoms with E-state index >= 15 is 0 Å². The van der Waals surface area contributed by atoms with Crippen LogP contribution >= 0.6 is 0 Å². The quantitative estimate of drug-likeness (QED) is 0.483. The van der Waals surface area contributed by atoms with Crippen LogP contribution in [0.3, 0.4) is 0 Å². The van der Waals surface area contributed by atoms with Crippen molar-refractivity contribution in [3.63, 3.8) is 0 Å². The molecule has 12 heavy (non-hydrogen) atoms. The van der Waals surface area contributed by atoms with E-state index in [1.807, 2.05) is 0 Å². The van der Waals surface area contributed by atoms with Gasteiger partial charge in [-0.05, 0) is 38.1 Å². The van der Waals surface area contributed by atoms with Gasteiger partial charge in [-0.2, -0.15) is 0 Å². The summed E-state index contributed by atoms with van der Waals surface area (Å²) in [5.74, 6) is 0.524. The minimum absolute atomic E-state index is 0.219. The Morgan fingerprint density at radius 3 is 1.83 bits per heavy atom. The lowest BCUT2D eigenvalue weighted by Gasteiger charge is -2.26. The summed E-state index contributed by atoms with van der Waals surface area (Å²) in [5, 5.41) is 0. The molecule has 1 nitrogen and oxygen atoms in total. The SMILES string of the molecule is C=C(C(C)C)C(C)O[Si](C)(C)C. The molecule has 0 saturated heterocycles. The monoisotopic (exact) mass is 186 g/mol. The van der Waals surface area contributed by atoms with E-state index < -0.39 is 8.32 Å². The van der Waals surface area contributed by atoms with Crippen LogP contribution < -0.4 is 0 Å². The van der Waals surface area contributed by atoms with Gasteiger partial charge in [0.1, 0.15) is 0 Å². The maximum absolute atomic E-state index is 5.90. The summed E-state index contributed by atoms with van der Waals surface area (Å²) < 4.78 is 5.90. The summed E-state index contributed by atoms with van der Waals surface area (Å²) in [4.78, 5) is 0. The molecular weight excluding hydrogens is 164 g/mol. The third-order valence-electron chi connectivity index (χ3n) is 1.79. The molecule has 0 aromatic rings. The average Bonchev–Trinajstić information content (AvgIpc) is 1.82. The van der Waals surface area contributed by atoms with Crippen molar-refractivity contribution >= 4 is 8.32 Å². The number of hydrogen-bond acceptors (Lipinski definition) is 1. The molecule has 0 saturated carbocycles. The molecule has 0 bridgehead atoms. The standard InChI is InChI=1S/C10H22OSi/c1-8(2)9(3)10(4)11-12(5,6)7/h8,10H,3H2,1-2,4-7H3. The van der Waals surface area contributed by atoms with Crippen LogP contribution in [0.2, 0.25) is 19.6 Å². The molecule has 72 valence electrons. The van der Waals surface area contributed by atoms with Crippen molar-refractivity contribution in [3.05, 3.63) is 12.2 Å². The first-order valence-corrected chi connectivity index (χ1v) is 8.01. The smallest absolute Gasteiger partial charge is 0.184 e. The van der Waals surface area contributed by atoms with Crippen LogP contribution in [0.1, 0.15) is 20.8 Å². The molecule has 0 N–H and O–H groups in total. The zero-order valence-corrected chi connectivity index (χ0v) is 10.3. The second-order valence-electron chi connectivity index (χ2n) is 4.60. The van der Waals surface area contributed by atoms with Gasteiger partial charge < -0.3 is 4.43 Å². The molecule has 0 radical (unpaired) electrons. The largest absolute Gasteiger partial charge is 0.411 e. The van der Waals surface area contributed by atoms with Crippen molar-refractivity contribution in [2.24, 2.45) is 5.92 Å². The lowest BCUT2D eigenvalue weighted by atomic mass is 10.0. The molecule has 0 aromatic carbocycles. The van der Waals surface area contributed by atoms with Crippen LogP contribution in [-0.4, -0.2) is 14.4 Å². The van der Waals surface area contributed by atoms with Crippen molar-refractivity contribution < 1.29 is 4.43 Å². The molecule has 2 heteroatoms. The molecular formula is C10H22OSi. The first-order valence-electron chi connectivity index (χ1n) is 4.60. The molecule has 0 fully saturated rings. The van der Waals surface area contributed by atoms with Crippen molar-refractivity contribution in [1.82, 2.24) is 0 Å². The van der Waals surface area contributed by atoms with Crippen LogP contribution in [0.4, 0.5) is 0 Å². The van der Waals surface area contributed by atoms with Gasteiger partial charge in [-0.3, -0.25) is 0 Å². The molecule has 1 unspecified atom stereocenters. The second-order valence-corrected chi connectivity index (χ2v) is 9.06. The predicted octanol–water partition coefficient (Wildman–Crippen LogP) is 3.44. The van der Waals surface area contributed by atoms with E-state index in [0.717, 1.165) is 0 Å². The van der Waals surface area contributed by atoms with Crippen LogP contribution in [0.5, 0.6) is 0 Å². The summed E-state index contributed by atoms with van der Waals surface area (Å²) in [5.41, 5.74) is 1.21. The Labute approximate surface area is 78.0 Å². The van der Waals surface area contributed by atoms with Crippen LogP contribution in [0, 0.1) is 5.92 Å². The lowest BCUT2D eigenvalue weighted by Crippen LogP contribution is -2.32. The Balaban J connectivity index is 4.05. The number of rotatable bonds is 4. The van der Waals surface area contributed by atoms with Crippen molar-refractivity contribution in [3.8, 4) is 0 Å². The minimum atomic E-state index is -1.39. The Hall–Kier alpha value is -0.0831. The zero-order chi connectivity index (χ0) is 9.94.